The first-order valence-electron chi connectivity index (χ1n) is 7.30. The van der Waals surface area contributed by atoms with Gasteiger partial charge in [-0.3, -0.25) is 0 Å². The molecule has 0 amide bonds. The van der Waals surface area contributed by atoms with Crippen LogP contribution < -0.4 is 5.32 Å². The Balaban J connectivity index is 1.80. The van der Waals surface area contributed by atoms with Crippen molar-refractivity contribution >= 4 is 11.4 Å². The molecule has 0 aliphatic heterocycles. The van der Waals surface area contributed by atoms with Crippen molar-refractivity contribution in [1.29, 1.82) is 0 Å². The molecule has 0 aliphatic rings. The first-order valence-corrected chi connectivity index (χ1v) is 7.30. The summed E-state index contributed by atoms with van der Waals surface area (Å²) in [5.74, 6) is 2.88. The lowest BCUT2D eigenvalue weighted by Crippen LogP contribution is -1.98. The molecule has 22 heavy (non-hydrogen) atoms. The third kappa shape index (κ3) is 3.19. The van der Waals surface area contributed by atoms with Crippen molar-refractivity contribution in [3.63, 3.8) is 0 Å². The highest BCUT2D eigenvalue weighted by Crippen LogP contribution is 2.25. The van der Waals surface area contributed by atoms with Gasteiger partial charge in [0.2, 0.25) is 0 Å². The van der Waals surface area contributed by atoms with E-state index in [2.05, 4.69) is 47.6 Å². The van der Waals surface area contributed by atoms with Gasteiger partial charge in [0.1, 0.15) is 0 Å². The van der Waals surface area contributed by atoms with Crippen molar-refractivity contribution < 1.29 is 0 Å². The number of anilines is 2. The quantitative estimate of drug-likeness (QED) is 0.649. The lowest BCUT2D eigenvalue weighted by molar-refractivity contribution is 1.07. The molecule has 1 N–H and O–H groups in total. The summed E-state index contributed by atoms with van der Waals surface area (Å²) in [4.78, 5) is 0. The Morgan fingerprint density at radius 3 is 1.73 bits per heavy atom. The van der Waals surface area contributed by atoms with Gasteiger partial charge in [-0.15, -0.1) is 6.42 Å². The normalized spacial score (nSPS) is 11.4. The minimum atomic E-state index is -0.00743. The SMILES string of the molecule is C#CC(c1ccccc1)c1ccc(Nc2ccccc2)cc1. The topological polar surface area (TPSA) is 12.0 Å². The van der Waals surface area contributed by atoms with Gasteiger partial charge in [0, 0.05) is 11.4 Å². The Labute approximate surface area is 131 Å². The Morgan fingerprint density at radius 1 is 0.636 bits per heavy atom. The fourth-order valence-corrected chi connectivity index (χ4v) is 2.48. The molecule has 0 fully saturated rings. The van der Waals surface area contributed by atoms with E-state index in [-0.39, 0.29) is 5.92 Å². The van der Waals surface area contributed by atoms with Crippen LogP contribution in [0.5, 0.6) is 0 Å². The van der Waals surface area contributed by atoms with Crippen LogP contribution in [0.2, 0.25) is 0 Å². The zero-order valence-corrected chi connectivity index (χ0v) is 12.2. The summed E-state index contributed by atoms with van der Waals surface area (Å²) >= 11 is 0. The maximum absolute atomic E-state index is 5.73. The largest absolute Gasteiger partial charge is 0.356 e. The molecule has 106 valence electrons. The van der Waals surface area contributed by atoms with Gasteiger partial charge in [-0.25, -0.2) is 0 Å². The Kier molecular flexibility index (Phi) is 4.22. The second-order valence-electron chi connectivity index (χ2n) is 5.12. The molecule has 1 heteroatoms. The van der Waals surface area contributed by atoms with E-state index in [4.69, 9.17) is 6.42 Å². The summed E-state index contributed by atoms with van der Waals surface area (Å²) in [6, 6.07) is 28.6. The Hall–Kier alpha value is -2.98. The van der Waals surface area contributed by atoms with Gasteiger partial charge >= 0.3 is 0 Å². The molecule has 0 saturated heterocycles. The number of nitrogens with one attached hydrogen (secondary N) is 1. The van der Waals surface area contributed by atoms with Gasteiger partial charge < -0.3 is 5.32 Å². The second kappa shape index (κ2) is 6.65. The van der Waals surface area contributed by atoms with E-state index >= 15 is 0 Å². The number of para-hydroxylation sites is 1. The molecule has 3 aromatic rings. The van der Waals surface area contributed by atoms with Gasteiger partial charge in [-0.2, -0.15) is 0 Å². The predicted octanol–water partition coefficient (Wildman–Crippen LogP) is 5.20. The highest BCUT2D eigenvalue weighted by atomic mass is 14.9. The van der Waals surface area contributed by atoms with Crippen molar-refractivity contribution in [1.82, 2.24) is 0 Å². The molecule has 0 radical (unpaired) electrons. The molecule has 3 aromatic carbocycles. The zero-order valence-electron chi connectivity index (χ0n) is 12.2. The molecule has 0 aliphatic carbocycles. The van der Waals surface area contributed by atoms with E-state index in [0.29, 0.717) is 0 Å². The average Bonchev–Trinajstić information content (AvgIpc) is 2.59. The molecular formula is C21H17N. The highest BCUT2D eigenvalue weighted by Gasteiger charge is 2.10. The zero-order chi connectivity index (χ0) is 15.2. The van der Waals surface area contributed by atoms with Crippen molar-refractivity contribution in [2.24, 2.45) is 0 Å². The van der Waals surface area contributed by atoms with E-state index in [1.165, 1.54) is 0 Å². The van der Waals surface area contributed by atoms with Gasteiger partial charge in [0.05, 0.1) is 5.92 Å². The number of benzene rings is 3. The van der Waals surface area contributed by atoms with Crippen molar-refractivity contribution in [3.05, 3.63) is 96.1 Å². The van der Waals surface area contributed by atoms with Gasteiger partial charge in [-0.1, -0.05) is 66.6 Å². The van der Waals surface area contributed by atoms with E-state index in [9.17, 15) is 0 Å². The van der Waals surface area contributed by atoms with E-state index in [1.807, 2.05) is 48.5 Å². The van der Waals surface area contributed by atoms with Crippen LogP contribution in [0, 0.1) is 12.3 Å². The van der Waals surface area contributed by atoms with Gasteiger partial charge in [0.25, 0.3) is 0 Å². The van der Waals surface area contributed by atoms with Crippen molar-refractivity contribution in [2.75, 3.05) is 5.32 Å². The smallest absolute Gasteiger partial charge is 0.0699 e. The maximum atomic E-state index is 5.73. The van der Waals surface area contributed by atoms with Gasteiger partial charge in [0.15, 0.2) is 0 Å². The summed E-state index contributed by atoms with van der Waals surface area (Å²) in [6.45, 7) is 0. The van der Waals surface area contributed by atoms with Crippen LogP contribution in [0.15, 0.2) is 84.9 Å². The van der Waals surface area contributed by atoms with Crippen LogP contribution in [0.1, 0.15) is 17.0 Å². The molecule has 0 heterocycles. The Morgan fingerprint density at radius 2 is 1.14 bits per heavy atom. The molecule has 0 spiro atoms. The Bertz CT molecular complexity index is 753. The number of hydrogen-bond donors (Lipinski definition) is 1. The van der Waals surface area contributed by atoms with Crippen LogP contribution in [-0.4, -0.2) is 0 Å². The third-order valence-corrected chi connectivity index (χ3v) is 3.61. The fraction of sp³-hybridized carbons (Fsp3) is 0.0476. The third-order valence-electron chi connectivity index (χ3n) is 3.61. The van der Waals surface area contributed by atoms with E-state index < -0.39 is 0 Å². The van der Waals surface area contributed by atoms with Crippen LogP contribution in [0.3, 0.4) is 0 Å². The van der Waals surface area contributed by atoms with Crippen molar-refractivity contribution in [3.8, 4) is 12.3 Å². The first kappa shape index (κ1) is 14.0. The molecule has 0 aromatic heterocycles. The fourth-order valence-electron chi connectivity index (χ4n) is 2.48. The first-order chi connectivity index (χ1) is 10.9. The predicted molar refractivity (Wildman–Crippen MR) is 93.3 cm³/mol. The molecule has 3 rings (SSSR count). The molecule has 1 unspecified atom stereocenters. The average molecular weight is 283 g/mol. The lowest BCUT2D eigenvalue weighted by Gasteiger charge is -2.13. The van der Waals surface area contributed by atoms with Crippen LogP contribution in [0.4, 0.5) is 11.4 Å². The minimum absolute atomic E-state index is 0.00743. The summed E-state index contributed by atoms with van der Waals surface area (Å²) in [7, 11) is 0. The summed E-state index contributed by atoms with van der Waals surface area (Å²) in [5, 5.41) is 3.38. The highest BCUT2D eigenvalue weighted by molar-refractivity contribution is 5.60. The molecule has 0 saturated carbocycles. The summed E-state index contributed by atoms with van der Waals surface area (Å²) < 4.78 is 0. The minimum Gasteiger partial charge on any atom is -0.356 e. The van der Waals surface area contributed by atoms with E-state index in [1.54, 1.807) is 0 Å². The van der Waals surface area contributed by atoms with Gasteiger partial charge in [-0.05, 0) is 35.4 Å². The number of rotatable bonds is 4. The standard InChI is InChI=1S/C21H17N/c1-2-21(17-9-5-3-6-10-17)18-13-15-20(16-14-18)22-19-11-7-4-8-12-19/h1,3-16,21-22H. The molecule has 1 nitrogen and oxygen atoms in total. The number of terminal acetylenes is 1. The van der Waals surface area contributed by atoms with E-state index in [0.717, 1.165) is 22.5 Å². The van der Waals surface area contributed by atoms with Crippen LogP contribution >= 0.6 is 0 Å². The second-order valence-corrected chi connectivity index (χ2v) is 5.12. The summed E-state index contributed by atoms with van der Waals surface area (Å²) in [6.07, 6.45) is 5.73. The van der Waals surface area contributed by atoms with Crippen molar-refractivity contribution in [2.45, 2.75) is 5.92 Å². The maximum Gasteiger partial charge on any atom is 0.0699 e. The number of hydrogen-bond acceptors (Lipinski definition) is 1. The monoisotopic (exact) mass is 283 g/mol. The molecule has 0 bridgehead atoms. The lowest BCUT2D eigenvalue weighted by atomic mass is 9.92. The summed E-state index contributed by atoms with van der Waals surface area (Å²) in [5.41, 5.74) is 4.41. The van der Waals surface area contributed by atoms with Crippen LogP contribution in [-0.2, 0) is 0 Å². The molecule has 1 atom stereocenters. The van der Waals surface area contributed by atoms with Crippen LogP contribution in [0.25, 0.3) is 0 Å². The molecular weight excluding hydrogens is 266 g/mol.